The molecular formula is C13H24N2O2. The molecule has 0 heterocycles. The fraction of sp³-hybridized carbons (Fsp3) is 0.846. The Morgan fingerprint density at radius 2 is 1.88 bits per heavy atom. The van der Waals surface area contributed by atoms with Gasteiger partial charge in [0, 0.05) is 12.6 Å². The van der Waals surface area contributed by atoms with E-state index in [0.29, 0.717) is 6.54 Å². The van der Waals surface area contributed by atoms with Gasteiger partial charge in [-0.3, -0.25) is 9.59 Å². The fourth-order valence-corrected chi connectivity index (χ4v) is 2.16. The molecule has 4 heteroatoms. The van der Waals surface area contributed by atoms with Crippen molar-refractivity contribution in [2.75, 3.05) is 6.54 Å². The zero-order valence-electron chi connectivity index (χ0n) is 10.9. The number of carbonyl (C=O) groups is 2. The number of amides is 2. The van der Waals surface area contributed by atoms with Gasteiger partial charge in [-0.2, -0.15) is 0 Å². The topological polar surface area (TPSA) is 58.2 Å². The molecule has 1 aliphatic carbocycles. The van der Waals surface area contributed by atoms with Gasteiger partial charge in [-0.05, 0) is 25.7 Å². The highest BCUT2D eigenvalue weighted by Gasteiger charge is 2.17. The van der Waals surface area contributed by atoms with E-state index in [4.69, 9.17) is 0 Å². The maximum atomic E-state index is 11.4. The number of nitrogens with one attached hydrogen (secondary N) is 2. The molecule has 0 aromatic carbocycles. The van der Waals surface area contributed by atoms with Crippen molar-refractivity contribution < 1.29 is 9.59 Å². The van der Waals surface area contributed by atoms with Crippen LogP contribution in [0.25, 0.3) is 0 Å². The molecule has 2 amide bonds. The molecule has 1 atom stereocenters. The molecule has 1 aliphatic rings. The molecule has 0 aromatic rings. The Bertz CT molecular complexity index is 260. The predicted molar refractivity (Wildman–Crippen MR) is 67.5 cm³/mol. The van der Waals surface area contributed by atoms with E-state index in [9.17, 15) is 9.59 Å². The molecule has 0 spiro atoms. The standard InChI is InChI=1S/C13H24N2O2/c1-3-10(2)15-13(17)12(16)14-9-8-11-6-4-5-7-11/h10-11H,3-9H2,1-2H3,(H,14,16)(H,15,17). The molecule has 0 radical (unpaired) electrons. The maximum Gasteiger partial charge on any atom is 0.309 e. The van der Waals surface area contributed by atoms with Gasteiger partial charge in [-0.25, -0.2) is 0 Å². The quantitative estimate of drug-likeness (QED) is 0.717. The van der Waals surface area contributed by atoms with Crippen LogP contribution >= 0.6 is 0 Å². The summed E-state index contributed by atoms with van der Waals surface area (Å²) >= 11 is 0. The first-order valence-corrected chi connectivity index (χ1v) is 6.72. The van der Waals surface area contributed by atoms with Crippen LogP contribution in [0, 0.1) is 5.92 Å². The smallest absolute Gasteiger partial charge is 0.309 e. The number of carbonyl (C=O) groups excluding carboxylic acids is 2. The zero-order valence-corrected chi connectivity index (χ0v) is 10.9. The average molecular weight is 240 g/mol. The highest BCUT2D eigenvalue weighted by molar-refractivity contribution is 6.35. The molecule has 1 fully saturated rings. The van der Waals surface area contributed by atoms with E-state index >= 15 is 0 Å². The van der Waals surface area contributed by atoms with Crippen LogP contribution in [0.2, 0.25) is 0 Å². The van der Waals surface area contributed by atoms with E-state index in [0.717, 1.165) is 18.8 Å². The normalized spacial score (nSPS) is 17.8. The van der Waals surface area contributed by atoms with E-state index in [1.807, 2.05) is 13.8 Å². The SMILES string of the molecule is CCC(C)NC(=O)C(=O)NCCC1CCCC1. The number of rotatable bonds is 5. The van der Waals surface area contributed by atoms with Crippen LogP contribution in [-0.4, -0.2) is 24.4 Å². The molecule has 1 saturated carbocycles. The van der Waals surface area contributed by atoms with Crippen molar-refractivity contribution in [3.05, 3.63) is 0 Å². The Morgan fingerprint density at radius 1 is 1.24 bits per heavy atom. The highest BCUT2D eigenvalue weighted by atomic mass is 16.2. The van der Waals surface area contributed by atoms with Crippen LogP contribution in [0.4, 0.5) is 0 Å². The Kier molecular flexibility index (Phi) is 6.01. The Morgan fingerprint density at radius 3 is 2.47 bits per heavy atom. The molecule has 2 N–H and O–H groups in total. The minimum atomic E-state index is -0.509. The molecule has 17 heavy (non-hydrogen) atoms. The largest absolute Gasteiger partial charge is 0.348 e. The third-order valence-corrected chi connectivity index (χ3v) is 3.51. The summed E-state index contributed by atoms with van der Waals surface area (Å²) in [6.07, 6.45) is 7.01. The molecule has 0 aliphatic heterocycles. The van der Waals surface area contributed by atoms with E-state index in [2.05, 4.69) is 10.6 Å². The first-order valence-electron chi connectivity index (χ1n) is 6.72. The van der Waals surface area contributed by atoms with Gasteiger partial charge < -0.3 is 10.6 Å². The van der Waals surface area contributed by atoms with Gasteiger partial charge in [0.1, 0.15) is 0 Å². The van der Waals surface area contributed by atoms with Crippen LogP contribution in [0.15, 0.2) is 0 Å². The summed E-state index contributed by atoms with van der Waals surface area (Å²) in [6, 6.07) is 0.0584. The third-order valence-electron chi connectivity index (χ3n) is 3.51. The molecule has 0 bridgehead atoms. The summed E-state index contributed by atoms with van der Waals surface area (Å²) in [5.74, 6) is -0.262. The van der Waals surface area contributed by atoms with Crippen molar-refractivity contribution in [2.45, 2.75) is 58.4 Å². The van der Waals surface area contributed by atoms with Crippen molar-refractivity contribution in [1.82, 2.24) is 10.6 Å². The molecule has 1 rings (SSSR count). The molecule has 98 valence electrons. The lowest BCUT2D eigenvalue weighted by molar-refractivity contribution is -0.139. The van der Waals surface area contributed by atoms with Gasteiger partial charge in [-0.1, -0.05) is 32.6 Å². The van der Waals surface area contributed by atoms with E-state index < -0.39 is 11.8 Å². The Hall–Kier alpha value is -1.06. The van der Waals surface area contributed by atoms with Gasteiger partial charge in [0.15, 0.2) is 0 Å². The average Bonchev–Trinajstić information content (AvgIpc) is 2.81. The summed E-state index contributed by atoms with van der Waals surface area (Å²) < 4.78 is 0. The van der Waals surface area contributed by atoms with Gasteiger partial charge >= 0.3 is 11.8 Å². The molecular weight excluding hydrogens is 216 g/mol. The van der Waals surface area contributed by atoms with Crippen LogP contribution in [0.5, 0.6) is 0 Å². The lowest BCUT2D eigenvalue weighted by atomic mass is 10.0. The van der Waals surface area contributed by atoms with Gasteiger partial charge in [-0.15, -0.1) is 0 Å². The first kappa shape index (κ1) is 14.0. The third kappa shape index (κ3) is 5.20. The van der Waals surface area contributed by atoms with Crippen molar-refractivity contribution in [2.24, 2.45) is 5.92 Å². The van der Waals surface area contributed by atoms with Crippen molar-refractivity contribution in [1.29, 1.82) is 0 Å². The Balaban J connectivity index is 2.13. The summed E-state index contributed by atoms with van der Waals surface area (Å²) in [5, 5.41) is 5.34. The van der Waals surface area contributed by atoms with Crippen molar-refractivity contribution in [3.63, 3.8) is 0 Å². The summed E-state index contributed by atoms with van der Waals surface area (Å²) in [4.78, 5) is 22.9. The minimum Gasteiger partial charge on any atom is -0.348 e. The molecule has 1 unspecified atom stereocenters. The number of hydrogen-bond acceptors (Lipinski definition) is 2. The van der Waals surface area contributed by atoms with E-state index in [1.54, 1.807) is 0 Å². The summed E-state index contributed by atoms with van der Waals surface area (Å²) in [5.41, 5.74) is 0. The van der Waals surface area contributed by atoms with Crippen molar-refractivity contribution in [3.8, 4) is 0 Å². The summed E-state index contributed by atoms with van der Waals surface area (Å²) in [7, 11) is 0. The van der Waals surface area contributed by atoms with Crippen LogP contribution in [0.1, 0.15) is 52.4 Å². The maximum absolute atomic E-state index is 11.4. The Labute approximate surface area is 104 Å². The van der Waals surface area contributed by atoms with E-state index in [1.165, 1.54) is 25.7 Å². The first-order chi connectivity index (χ1) is 8.13. The second-order valence-electron chi connectivity index (χ2n) is 4.98. The van der Waals surface area contributed by atoms with Crippen LogP contribution in [0.3, 0.4) is 0 Å². The van der Waals surface area contributed by atoms with Crippen LogP contribution < -0.4 is 10.6 Å². The van der Waals surface area contributed by atoms with Gasteiger partial charge in [0.05, 0.1) is 0 Å². The van der Waals surface area contributed by atoms with E-state index in [-0.39, 0.29) is 6.04 Å². The number of hydrogen-bond donors (Lipinski definition) is 2. The molecule has 0 saturated heterocycles. The van der Waals surface area contributed by atoms with Crippen molar-refractivity contribution >= 4 is 11.8 Å². The van der Waals surface area contributed by atoms with Gasteiger partial charge in [0.2, 0.25) is 0 Å². The lowest BCUT2D eigenvalue weighted by Gasteiger charge is -2.12. The lowest BCUT2D eigenvalue weighted by Crippen LogP contribution is -2.43. The highest BCUT2D eigenvalue weighted by Crippen LogP contribution is 2.26. The summed E-state index contributed by atoms with van der Waals surface area (Å²) in [6.45, 7) is 4.49. The second-order valence-corrected chi connectivity index (χ2v) is 4.98. The molecule has 4 nitrogen and oxygen atoms in total. The minimum absolute atomic E-state index is 0.0584. The molecule has 0 aromatic heterocycles. The zero-order chi connectivity index (χ0) is 12.7. The fourth-order valence-electron chi connectivity index (χ4n) is 2.16. The monoisotopic (exact) mass is 240 g/mol. The van der Waals surface area contributed by atoms with Gasteiger partial charge in [0.25, 0.3) is 0 Å². The predicted octanol–water partition coefficient (Wildman–Crippen LogP) is 1.60. The van der Waals surface area contributed by atoms with Crippen LogP contribution in [-0.2, 0) is 9.59 Å². The second kappa shape index (κ2) is 7.30.